The molecule has 0 saturated heterocycles. The molecule has 5 nitrogen and oxygen atoms in total. The number of amides is 1. The van der Waals surface area contributed by atoms with Crippen LogP contribution in [-0.2, 0) is 14.3 Å². The van der Waals surface area contributed by atoms with E-state index in [0.717, 1.165) is 0 Å². The highest BCUT2D eigenvalue weighted by Crippen LogP contribution is 2.14. The SMILES string of the molecule is CC(C)(C)OC(=O)C(=O)[N+](C)(C)[N+](C)(C)C. The van der Waals surface area contributed by atoms with E-state index in [9.17, 15) is 9.59 Å². The molecule has 1 amide bonds. The fraction of sp³-hybridized carbons (Fsp3) is 0.818. The Labute approximate surface area is 97.7 Å². The third kappa shape index (κ3) is 3.57. The molecule has 0 fully saturated rings. The van der Waals surface area contributed by atoms with Gasteiger partial charge in [-0.3, -0.25) is 0 Å². The monoisotopic (exact) mass is 232 g/mol. The third-order valence-electron chi connectivity index (χ3n) is 2.57. The smallest absolute Gasteiger partial charge is 0.450 e. The van der Waals surface area contributed by atoms with E-state index in [2.05, 4.69) is 0 Å². The van der Waals surface area contributed by atoms with Crippen molar-refractivity contribution in [3.63, 3.8) is 0 Å². The number of hydrogen-bond donors (Lipinski definition) is 0. The molecule has 0 spiro atoms. The number of ether oxygens (including phenoxy) is 1. The summed E-state index contributed by atoms with van der Waals surface area (Å²) in [5.74, 6) is -1.34. The predicted molar refractivity (Wildman–Crippen MR) is 61.0 cm³/mol. The Morgan fingerprint density at radius 1 is 0.938 bits per heavy atom. The number of rotatable bonds is 1. The summed E-state index contributed by atoms with van der Waals surface area (Å²) in [6, 6.07) is 0. The second-order valence-corrected chi connectivity index (χ2v) is 6.14. The maximum absolute atomic E-state index is 12.0. The normalized spacial score (nSPS) is 13.5. The summed E-state index contributed by atoms with van der Waals surface area (Å²) in [5.41, 5.74) is -0.641. The lowest BCUT2D eigenvalue weighted by atomic mass is 10.2. The lowest BCUT2D eigenvalue weighted by Gasteiger charge is -2.38. The minimum absolute atomic E-state index is 0.0884. The number of carbonyl (C=O) groups is 2. The van der Waals surface area contributed by atoms with Crippen LogP contribution < -0.4 is 0 Å². The van der Waals surface area contributed by atoms with Gasteiger partial charge in [-0.15, -0.1) is 4.59 Å². The average molecular weight is 232 g/mol. The minimum atomic E-state index is -0.787. The largest absolute Gasteiger partial charge is 0.470 e. The van der Waals surface area contributed by atoms with Crippen LogP contribution in [0.5, 0.6) is 0 Å². The van der Waals surface area contributed by atoms with Crippen molar-refractivity contribution in [3.05, 3.63) is 0 Å². The van der Waals surface area contributed by atoms with E-state index in [1.54, 1.807) is 34.9 Å². The first-order valence-corrected chi connectivity index (χ1v) is 5.23. The molecule has 0 aliphatic heterocycles. The zero-order valence-corrected chi connectivity index (χ0v) is 11.6. The Morgan fingerprint density at radius 3 is 1.56 bits per heavy atom. The number of esters is 1. The maximum Gasteiger partial charge on any atom is 0.470 e. The summed E-state index contributed by atoms with van der Waals surface area (Å²) in [4.78, 5) is 23.6. The summed E-state index contributed by atoms with van der Waals surface area (Å²) in [5, 5.41) is 0. The van der Waals surface area contributed by atoms with Gasteiger partial charge in [-0.1, -0.05) is 0 Å². The van der Waals surface area contributed by atoms with Crippen molar-refractivity contribution in [1.29, 1.82) is 0 Å². The van der Waals surface area contributed by atoms with Gasteiger partial charge in [-0.2, -0.15) is 4.59 Å². The highest BCUT2D eigenvalue weighted by molar-refractivity contribution is 6.29. The van der Waals surface area contributed by atoms with Gasteiger partial charge in [0.2, 0.25) is 0 Å². The predicted octanol–water partition coefficient (Wildman–Crippen LogP) is 0.552. The Morgan fingerprint density at radius 2 is 1.31 bits per heavy atom. The van der Waals surface area contributed by atoms with Crippen LogP contribution in [0, 0.1) is 0 Å². The lowest BCUT2D eigenvalue weighted by molar-refractivity contribution is -1.42. The molecule has 0 unspecified atom stereocenters. The second kappa shape index (κ2) is 4.14. The molecule has 0 saturated carbocycles. The van der Waals surface area contributed by atoms with Gasteiger partial charge in [-0.05, 0) is 20.8 Å². The van der Waals surface area contributed by atoms with E-state index in [0.29, 0.717) is 4.59 Å². The molecule has 94 valence electrons. The topological polar surface area (TPSA) is 43.4 Å². The van der Waals surface area contributed by atoms with E-state index >= 15 is 0 Å². The van der Waals surface area contributed by atoms with Gasteiger partial charge in [-0.25, -0.2) is 9.59 Å². The fourth-order valence-corrected chi connectivity index (χ4v) is 0.818. The molecular formula is C11H24N2O3+2. The second-order valence-electron chi connectivity index (χ2n) is 6.14. The number of quaternary nitrogens is 2. The first-order valence-electron chi connectivity index (χ1n) is 5.23. The zero-order valence-electron chi connectivity index (χ0n) is 11.6. The van der Waals surface area contributed by atoms with Gasteiger partial charge < -0.3 is 4.74 Å². The molecule has 0 bridgehead atoms. The van der Waals surface area contributed by atoms with Crippen LogP contribution in [0.1, 0.15) is 20.8 Å². The molecule has 0 aromatic rings. The minimum Gasteiger partial charge on any atom is -0.450 e. The van der Waals surface area contributed by atoms with Gasteiger partial charge in [0.25, 0.3) is 0 Å². The Bertz CT molecular complexity index is 295. The molecule has 0 rings (SSSR count). The molecular weight excluding hydrogens is 208 g/mol. The zero-order chi connectivity index (χ0) is 13.4. The van der Waals surface area contributed by atoms with Crippen LogP contribution in [0.2, 0.25) is 0 Å². The number of likely N-dealkylation sites (N-methyl/N-ethyl adjacent to an activating group) is 1. The Kier molecular flexibility index (Phi) is 3.90. The first-order chi connectivity index (χ1) is 6.79. The van der Waals surface area contributed by atoms with Gasteiger partial charge in [0.15, 0.2) is 0 Å². The van der Waals surface area contributed by atoms with Crippen LogP contribution in [-0.4, -0.2) is 61.9 Å². The summed E-state index contributed by atoms with van der Waals surface area (Å²) in [7, 11) is 8.92. The van der Waals surface area contributed by atoms with Crippen molar-refractivity contribution < 1.29 is 23.5 Å². The van der Waals surface area contributed by atoms with Crippen molar-refractivity contribution >= 4 is 11.9 Å². The summed E-state index contributed by atoms with van der Waals surface area (Å²) >= 11 is 0. The molecule has 16 heavy (non-hydrogen) atoms. The molecule has 0 radical (unpaired) electrons. The summed E-state index contributed by atoms with van der Waals surface area (Å²) in [6.45, 7) is 5.22. The van der Waals surface area contributed by atoms with E-state index in [-0.39, 0.29) is 4.59 Å². The van der Waals surface area contributed by atoms with E-state index < -0.39 is 17.5 Å². The van der Waals surface area contributed by atoms with E-state index in [1.807, 2.05) is 21.1 Å². The standard InChI is InChI=1S/C11H24N2O3/c1-11(2,3)16-10(15)9(14)13(7,8)12(4,5)6/h1-8H3/q+2. The highest BCUT2D eigenvalue weighted by Gasteiger charge is 2.46. The van der Waals surface area contributed by atoms with Crippen LogP contribution in [0.25, 0.3) is 0 Å². The van der Waals surface area contributed by atoms with E-state index in [1.165, 1.54) is 0 Å². The van der Waals surface area contributed by atoms with Gasteiger partial charge >= 0.3 is 11.9 Å². The van der Waals surface area contributed by atoms with Crippen LogP contribution in [0.15, 0.2) is 0 Å². The van der Waals surface area contributed by atoms with Crippen molar-refractivity contribution in [2.45, 2.75) is 26.4 Å². The number of carbonyl (C=O) groups excluding carboxylic acids is 2. The maximum atomic E-state index is 12.0. The van der Waals surface area contributed by atoms with Crippen molar-refractivity contribution in [3.8, 4) is 0 Å². The molecule has 0 N–H and O–H groups in total. The molecule has 5 heteroatoms. The lowest BCUT2D eigenvalue weighted by Crippen LogP contribution is -2.67. The molecule has 0 aliphatic carbocycles. The average Bonchev–Trinajstić information content (AvgIpc) is 1.97. The number of nitrogens with zero attached hydrogens (tertiary/aromatic N) is 2. The van der Waals surface area contributed by atoms with Crippen LogP contribution >= 0.6 is 0 Å². The van der Waals surface area contributed by atoms with Gasteiger partial charge in [0, 0.05) is 0 Å². The Balaban J connectivity index is 4.89. The molecule has 0 heterocycles. The first kappa shape index (κ1) is 15.1. The highest BCUT2D eigenvalue weighted by atomic mass is 16.6. The number of hydrogen-bond acceptors (Lipinski definition) is 3. The fourth-order valence-electron chi connectivity index (χ4n) is 0.818. The molecule has 0 aromatic carbocycles. The Hall–Kier alpha value is -0.940. The quantitative estimate of drug-likeness (QED) is 0.287. The van der Waals surface area contributed by atoms with Crippen molar-refractivity contribution in [2.75, 3.05) is 35.2 Å². The molecule has 0 aromatic heterocycles. The third-order valence-corrected chi connectivity index (χ3v) is 2.57. The van der Waals surface area contributed by atoms with E-state index in [4.69, 9.17) is 4.74 Å². The molecule has 0 aliphatic rings. The summed E-state index contributed by atoms with van der Waals surface area (Å²) < 4.78 is 5.30. The van der Waals surface area contributed by atoms with Crippen molar-refractivity contribution in [2.24, 2.45) is 0 Å². The van der Waals surface area contributed by atoms with Gasteiger partial charge in [0.05, 0.1) is 0 Å². The summed E-state index contributed by atoms with van der Waals surface area (Å²) in [6.07, 6.45) is 0. The van der Waals surface area contributed by atoms with Crippen LogP contribution in [0.4, 0.5) is 0 Å². The van der Waals surface area contributed by atoms with Crippen LogP contribution in [0.3, 0.4) is 0 Å². The molecule has 0 atom stereocenters. The van der Waals surface area contributed by atoms with Gasteiger partial charge in [0.1, 0.15) is 40.8 Å². The van der Waals surface area contributed by atoms with Crippen molar-refractivity contribution in [1.82, 2.24) is 0 Å².